The summed E-state index contributed by atoms with van der Waals surface area (Å²) in [5.41, 5.74) is 2.60. The third-order valence-corrected chi connectivity index (χ3v) is 2.58. The predicted molar refractivity (Wildman–Crippen MR) is 56.0 cm³/mol. The van der Waals surface area contributed by atoms with Crippen LogP contribution in [0.4, 0.5) is 0 Å². The molecule has 0 amide bonds. The quantitative estimate of drug-likeness (QED) is 0.682. The van der Waals surface area contributed by atoms with Gasteiger partial charge in [0.05, 0.1) is 14.2 Å². The van der Waals surface area contributed by atoms with E-state index in [0.29, 0.717) is 5.92 Å². The highest BCUT2D eigenvalue weighted by molar-refractivity contribution is 5.53. The van der Waals surface area contributed by atoms with Crippen molar-refractivity contribution in [1.29, 1.82) is 0 Å². The molecule has 1 aliphatic rings. The Kier molecular flexibility index (Phi) is 2.20. The molecule has 0 aromatic heterocycles. The lowest BCUT2D eigenvalue weighted by Gasteiger charge is -2.09. The first-order valence-corrected chi connectivity index (χ1v) is 4.66. The van der Waals surface area contributed by atoms with Gasteiger partial charge in [0, 0.05) is 11.5 Å². The minimum Gasteiger partial charge on any atom is -0.497 e. The topological polar surface area (TPSA) is 18.5 Å². The average molecular weight is 190 g/mol. The number of rotatable bonds is 3. The summed E-state index contributed by atoms with van der Waals surface area (Å²) in [6.07, 6.45) is 2.22. The maximum atomic E-state index is 5.31. The molecular formula is C12H14O2. The minimum atomic E-state index is 0.458. The fraction of sp³-hybridized carbons (Fsp3) is 0.333. The van der Waals surface area contributed by atoms with Crippen molar-refractivity contribution in [3.63, 3.8) is 0 Å². The van der Waals surface area contributed by atoms with Crippen LogP contribution in [0.15, 0.2) is 29.8 Å². The molecule has 74 valence electrons. The van der Waals surface area contributed by atoms with Crippen LogP contribution in [0.2, 0.25) is 0 Å². The van der Waals surface area contributed by atoms with Crippen molar-refractivity contribution in [2.24, 2.45) is 0 Å². The number of benzene rings is 1. The third kappa shape index (κ3) is 1.48. The molecule has 0 aliphatic heterocycles. The van der Waals surface area contributed by atoms with Gasteiger partial charge in [0.2, 0.25) is 0 Å². The predicted octanol–water partition coefficient (Wildman–Crippen LogP) is 2.75. The van der Waals surface area contributed by atoms with Gasteiger partial charge < -0.3 is 9.47 Å². The van der Waals surface area contributed by atoms with E-state index >= 15 is 0 Å². The van der Waals surface area contributed by atoms with Gasteiger partial charge in [-0.05, 0) is 25.1 Å². The number of methoxy groups -OCH3 is 2. The second-order valence-corrected chi connectivity index (χ2v) is 3.50. The Morgan fingerprint density at radius 2 is 1.86 bits per heavy atom. The average Bonchev–Trinajstić information content (AvgIpc) is 2.94. The van der Waals surface area contributed by atoms with Gasteiger partial charge in [0.15, 0.2) is 0 Å². The summed E-state index contributed by atoms with van der Waals surface area (Å²) in [7, 11) is 3.38. The molecule has 0 spiro atoms. The Bertz CT molecular complexity index is 380. The van der Waals surface area contributed by atoms with Gasteiger partial charge in [0.25, 0.3) is 0 Å². The molecule has 2 heteroatoms. The summed E-state index contributed by atoms with van der Waals surface area (Å²) in [5.74, 6) is 2.28. The number of hydrogen-bond acceptors (Lipinski definition) is 2. The summed E-state index contributed by atoms with van der Waals surface area (Å²) < 4.78 is 10.5. The zero-order valence-electron chi connectivity index (χ0n) is 8.70. The van der Waals surface area contributed by atoms with Crippen molar-refractivity contribution in [3.8, 4) is 11.5 Å². The lowest BCUT2D eigenvalue weighted by atomic mass is 10.1. The highest BCUT2D eigenvalue weighted by Crippen LogP contribution is 2.43. The highest BCUT2D eigenvalue weighted by Gasteiger charge is 2.25. The zero-order valence-corrected chi connectivity index (χ0v) is 8.70. The van der Waals surface area contributed by atoms with Crippen LogP contribution < -0.4 is 9.47 Å². The minimum absolute atomic E-state index is 0.458. The van der Waals surface area contributed by atoms with Gasteiger partial charge in [-0.2, -0.15) is 0 Å². The van der Waals surface area contributed by atoms with E-state index in [0.717, 1.165) is 11.5 Å². The molecule has 0 saturated heterocycles. The summed E-state index contributed by atoms with van der Waals surface area (Å²) in [6.45, 7) is 2.13. The molecule has 1 aliphatic carbocycles. The van der Waals surface area contributed by atoms with Crippen molar-refractivity contribution in [3.05, 3.63) is 35.4 Å². The maximum absolute atomic E-state index is 5.31. The molecule has 1 aromatic carbocycles. The lowest BCUT2D eigenvalue weighted by molar-refractivity contribution is 0.399. The number of allylic oxidation sites excluding steroid dienone is 2. The van der Waals surface area contributed by atoms with Gasteiger partial charge in [-0.25, -0.2) is 0 Å². The monoisotopic (exact) mass is 190 g/mol. The van der Waals surface area contributed by atoms with E-state index in [1.54, 1.807) is 14.2 Å². The normalized spacial score (nSPS) is 18.8. The lowest BCUT2D eigenvalue weighted by Crippen LogP contribution is -1.93. The fourth-order valence-electron chi connectivity index (χ4n) is 1.63. The SMILES string of the molecule is COc1ccc(OC)c(C2C=C2C)c1. The molecule has 0 saturated carbocycles. The van der Waals surface area contributed by atoms with Crippen molar-refractivity contribution >= 4 is 0 Å². The van der Waals surface area contributed by atoms with Gasteiger partial charge in [0.1, 0.15) is 11.5 Å². The Morgan fingerprint density at radius 3 is 2.36 bits per heavy atom. The molecule has 0 radical (unpaired) electrons. The molecule has 0 bridgehead atoms. The first kappa shape index (κ1) is 9.13. The van der Waals surface area contributed by atoms with Gasteiger partial charge >= 0.3 is 0 Å². The highest BCUT2D eigenvalue weighted by atomic mass is 16.5. The summed E-state index contributed by atoms with van der Waals surface area (Å²) in [6, 6.07) is 5.91. The van der Waals surface area contributed by atoms with Crippen LogP contribution in [-0.2, 0) is 0 Å². The van der Waals surface area contributed by atoms with Crippen molar-refractivity contribution < 1.29 is 9.47 Å². The van der Waals surface area contributed by atoms with Crippen LogP contribution in [0.3, 0.4) is 0 Å². The van der Waals surface area contributed by atoms with E-state index in [4.69, 9.17) is 9.47 Å². The Labute approximate surface area is 84.2 Å². The second kappa shape index (κ2) is 3.37. The van der Waals surface area contributed by atoms with Crippen LogP contribution >= 0.6 is 0 Å². The van der Waals surface area contributed by atoms with Gasteiger partial charge in [-0.3, -0.25) is 0 Å². The first-order chi connectivity index (χ1) is 6.76. The Hall–Kier alpha value is -1.44. The summed E-state index contributed by atoms with van der Waals surface area (Å²) in [4.78, 5) is 0. The van der Waals surface area contributed by atoms with Gasteiger partial charge in [-0.1, -0.05) is 11.6 Å². The van der Waals surface area contributed by atoms with Crippen molar-refractivity contribution in [2.45, 2.75) is 12.8 Å². The van der Waals surface area contributed by atoms with Gasteiger partial charge in [-0.15, -0.1) is 0 Å². The largest absolute Gasteiger partial charge is 0.497 e. The van der Waals surface area contributed by atoms with E-state index in [1.165, 1.54) is 11.1 Å². The molecule has 14 heavy (non-hydrogen) atoms. The smallest absolute Gasteiger partial charge is 0.123 e. The molecule has 1 atom stereocenters. The van der Waals surface area contributed by atoms with Crippen molar-refractivity contribution in [2.75, 3.05) is 14.2 Å². The van der Waals surface area contributed by atoms with Crippen LogP contribution in [0, 0.1) is 0 Å². The van der Waals surface area contributed by atoms with E-state index in [9.17, 15) is 0 Å². The summed E-state index contributed by atoms with van der Waals surface area (Å²) >= 11 is 0. The Balaban J connectivity index is 2.34. The second-order valence-electron chi connectivity index (χ2n) is 3.50. The third-order valence-electron chi connectivity index (χ3n) is 2.58. The van der Waals surface area contributed by atoms with Crippen LogP contribution in [0.25, 0.3) is 0 Å². The number of ether oxygens (including phenoxy) is 2. The molecule has 1 unspecified atom stereocenters. The van der Waals surface area contributed by atoms with Crippen molar-refractivity contribution in [1.82, 2.24) is 0 Å². The standard InChI is InChI=1S/C12H14O2/c1-8-6-10(8)11-7-9(13-2)4-5-12(11)14-3/h4-7,10H,1-3H3. The van der Waals surface area contributed by atoms with E-state index in [2.05, 4.69) is 13.0 Å². The molecule has 0 fully saturated rings. The zero-order chi connectivity index (χ0) is 10.1. The first-order valence-electron chi connectivity index (χ1n) is 4.66. The maximum Gasteiger partial charge on any atom is 0.123 e. The molecule has 0 heterocycles. The molecule has 2 rings (SSSR count). The van der Waals surface area contributed by atoms with Crippen LogP contribution in [0.5, 0.6) is 11.5 Å². The van der Waals surface area contributed by atoms with E-state index < -0.39 is 0 Å². The van der Waals surface area contributed by atoms with Crippen LogP contribution in [0.1, 0.15) is 18.4 Å². The Morgan fingerprint density at radius 1 is 1.14 bits per heavy atom. The number of hydrogen-bond donors (Lipinski definition) is 0. The molecule has 1 aromatic rings. The van der Waals surface area contributed by atoms with E-state index in [1.807, 2.05) is 18.2 Å². The van der Waals surface area contributed by atoms with Crippen LogP contribution in [-0.4, -0.2) is 14.2 Å². The van der Waals surface area contributed by atoms with E-state index in [-0.39, 0.29) is 0 Å². The summed E-state index contributed by atoms with van der Waals surface area (Å²) in [5, 5.41) is 0. The fourth-order valence-corrected chi connectivity index (χ4v) is 1.63. The molecule has 2 nitrogen and oxygen atoms in total. The molecular weight excluding hydrogens is 176 g/mol. The molecule has 0 N–H and O–H groups in total.